The van der Waals surface area contributed by atoms with Gasteiger partial charge in [0.1, 0.15) is 11.5 Å². The molecule has 1 N–H and O–H groups in total. The summed E-state index contributed by atoms with van der Waals surface area (Å²) in [6.45, 7) is 5.70. The minimum Gasteiger partial charge on any atom is -0.492 e. The van der Waals surface area contributed by atoms with Gasteiger partial charge in [0, 0.05) is 11.3 Å². The van der Waals surface area contributed by atoms with Crippen molar-refractivity contribution in [3.63, 3.8) is 0 Å². The monoisotopic (exact) mass is 378 g/mol. The van der Waals surface area contributed by atoms with Crippen molar-refractivity contribution in [3.05, 3.63) is 41.3 Å². The first kappa shape index (κ1) is 19.8. The molecule has 0 aliphatic carbocycles. The van der Waals surface area contributed by atoms with Crippen LogP contribution in [-0.2, 0) is 20.1 Å². The second-order valence-electron chi connectivity index (χ2n) is 5.43. The van der Waals surface area contributed by atoms with Crippen LogP contribution in [0.2, 0.25) is 0 Å². The summed E-state index contributed by atoms with van der Waals surface area (Å²) in [6, 6.07) is 7.09. The van der Waals surface area contributed by atoms with E-state index in [0.717, 1.165) is 17.0 Å². The number of benzene rings is 1. The highest BCUT2D eigenvalue weighted by atomic mass is 32.2. The van der Waals surface area contributed by atoms with E-state index in [0.29, 0.717) is 23.8 Å². The number of carbonyl (C=O) groups excluding carboxylic acids is 2. The number of hydrogen-bond donors (Lipinski definition) is 1. The number of aromatic nitrogens is 1. The lowest BCUT2D eigenvalue weighted by Crippen LogP contribution is -2.22. The second kappa shape index (κ2) is 9.86. The summed E-state index contributed by atoms with van der Waals surface area (Å²) < 4.78 is 15.5. The Kier molecular flexibility index (Phi) is 7.53. The molecule has 2 rings (SSSR count). The van der Waals surface area contributed by atoms with Crippen LogP contribution in [-0.4, -0.2) is 36.0 Å². The predicted molar refractivity (Wildman–Crippen MR) is 99.3 cm³/mol. The normalized spacial score (nSPS) is 10.4. The molecule has 8 heteroatoms. The van der Waals surface area contributed by atoms with Crippen molar-refractivity contribution in [1.29, 1.82) is 0 Å². The molecule has 7 nitrogen and oxygen atoms in total. The van der Waals surface area contributed by atoms with Crippen molar-refractivity contribution in [1.82, 2.24) is 5.16 Å². The van der Waals surface area contributed by atoms with Gasteiger partial charge in [0.25, 0.3) is 5.91 Å². The fourth-order valence-electron chi connectivity index (χ4n) is 2.17. The number of nitrogens with zero attached hydrogens (tertiary/aromatic N) is 1. The van der Waals surface area contributed by atoms with Gasteiger partial charge in [-0.25, -0.2) is 0 Å². The first-order chi connectivity index (χ1) is 12.5. The summed E-state index contributed by atoms with van der Waals surface area (Å²) in [5.74, 6) is 1.20. The summed E-state index contributed by atoms with van der Waals surface area (Å²) in [6.07, 6.45) is 0. The van der Waals surface area contributed by atoms with Gasteiger partial charge in [-0.1, -0.05) is 17.3 Å². The SMILES string of the molecule is CCOc1ccccc1NC(=O)COC(=O)CSCc1c(C)noc1C. The lowest BCUT2D eigenvalue weighted by molar-refractivity contribution is -0.144. The lowest BCUT2D eigenvalue weighted by atomic mass is 10.2. The van der Waals surface area contributed by atoms with Crippen molar-refractivity contribution < 1.29 is 23.6 Å². The number of anilines is 1. The molecule has 0 fully saturated rings. The molecule has 0 bridgehead atoms. The number of nitrogens with one attached hydrogen (secondary N) is 1. The summed E-state index contributed by atoms with van der Waals surface area (Å²) in [4.78, 5) is 23.7. The Morgan fingerprint density at radius 3 is 2.73 bits per heavy atom. The maximum absolute atomic E-state index is 12.0. The van der Waals surface area contributed by atoms with Crippen LogP contribution in [0.4, 0.5) is 5.69 Å². The molecule has 26 heavy (non-hydrogen) atoms. The molecule has 0 saturated heterocycles. The fourth-order valence-corrected chi connectivity index (χ4v) is 3.14. The largest absolute Gasteiger partial charge is 0.492 e. The molecule has 2 aromatic rings. The summed E-state index contributed by atoms with van der Waals surface area (Å²) in [5.41, 5.74) is 2.34. The zero-order chi connectivity index (χ0) is 18.9. The van der Waals surface area contributed by atoms with Crippen LogP contribution >= 0.6 is 11.8 Å². The smallest absolute Gasteiger partial charge is 0.316 e. The standard InChI is InChI=1S/C18H22N2O5S/c1-4-23-16-8-6-5-7-15(16)19-17(21)9-24-18(22)11-26-10-14-12(2)20-25-13(14)3/h5-8H,4,9-11H2,1-3H3,(H,19,21). The van der Waals surface area contributed by atoms with Crippen molar-refractivity contribution in [2.24, 2.45) is 0 Å². The molecule has 1 heterocycles. The van der Waals surface area contributed by atoms with Crippen LogP contribution in [0.3, 0.4) is 0 Å². The van der Waals surface area contributed by atoms with Gasteiger partial charge in [0.05, 0.1) is 23.7 Å². The number of thioether (sulfide) groups is 1. The van der Waals surface area contributed by atoms with Crippen LogP contribution in [0.15, 0.2) is 28.8 Å². The number of esters is 1. The van der Waals surface area contributed by atoms with Gasteiger partial charge in [0.15, 0.2) is 6.61 Å². The zero-order valence-electron chi connectivity index (χ0n) is 15.0. The van der Waals surface area contributed by atoms with E-state index in [9.17, 15) is 9.59 Å². The van der Waals surface area contributed by atoms with E-state index < -0.39 is 11.9 Å². The molecule has 0 spiro atoms. The van der Waals surface area contributed by atoms with Crippen molar-refractivity contribution >= 4 is 29.3 Å². The topological polar surface area (TPSA) is 90.7 Å². The predicted octanol–water partition coefficient (Wildman–Crippen LogP) is 3.11. The third-order valence-electron chi connectivity index (χ3n) is 3.47. The van der Waals surface area contributed by atoms with Gasteiger partial charge < -0.3 is 19.3 Å². The minimum absolute atomic E-state index is 0.146. The first-order valence-corrected chi connectivity index (χ1v) is 9.33. The minimum atomic E-state index is -0.449. The lowest BCUT2D eigenvalue weighted by Gasteiger charge is -2.11. The van der Waals surface area contributed by atoms with Crippen molar-refractivity contribution in [3.8, 4) is 5.75 Å². The summed E-state index contributed by atoms with van der Waals surface area (Å²) in [7, 11) is 0. The highest BCUT2D eigenvalue weighted by Gasteiger charge is 2.13. The zero-order valence-corrected chi connectivity index (χ0v) is 15.9. The van der Waals surface area contributed by atoms with Crippen LogP contribution in [0.25, 0.3) is 0 Å². The molecule has 1 aromatic carbocycles. The van der Waals surface area contributed by atoms with E-state index in [1.807, 2.05) is 26.8 Å². The van der Waals surface area contributed by atoms with Gasteiger partial charge >= 0.3 is 5.97 Å². The van der Waals surface area contributed by atoms with Crippen LogP contribution in [0.5, 0.6) is 5.75 Å². The number of aryl methyl sites for hydroxylation is 2. The third kappa shape index (κ3) is 5.80. The number of ether oxygens (including phenoxy) is 2. The van der Waals surface area contributed by atoms with Gasteiger partial charge in [-0.2, -0.15) is 0 Å². The fraction of sp³-hybridized carbons (Fsp3) is 0.389. The van der Waals surface area contributed by atoms with Gasteiger partial charge in [-0.15, -0.1) is 11.8 Å². The molecule has 0 saturated carbocycles. The molecule has 1 amide bonds. The quantitative estimate of drug-likeness (QED) is 0.671. The first-order valence-electron chi connectivity index (χ1n) is 8.18. The van der Waals surface area contributed by atoms with Crippen molar-refractivity contribution in [2.45, 2.75) is 26.5 Å². The third-order valence-corrected chi connectivity index (χ3v) is 4.41. The Balaban J connectivity index is 1.73. The average Bonchev–Trinajstić information content (AvgIpc) is 2.94. The molecule has 1 aromatic heterocycles. The molecule has 0 aliphatic heterocycles. The van der Waals surface area contributed by atoms with Gasteiger partial charge in [-0.3, -0.25) is 9.59 Å². The average molecular weight is 378 g/mol. The Morgan fingerprint density at radius 2 is 2.04 bits per heavy atom. The van der Waals surface area contributed by atoms with E-state index in [2.05, 4.69) is 10.5 Å². The Morgan fingerprint density at radius 1 is 1.27 bits per heavy atom. The number of carbonyl (C=O) groups is 2. The molecule has 140 valence electrons. The maximum Gasteiger partial charge on any atom is 0.316 e. The van der Waals surface area contributed by atoms with Gasteiger partial charge in [0.2, 0.25) is 0 Å². The second-order valence-corrected chi connectivity index (χ2v) is 6.42. The molecule has 0 radical (unpaired) electrons. The molecule has 0 unspecified atom stereocenters. The summed E-state index contributed by atoms with van der Waals surface area (Å²) in [5, 5.41) is 6.54. The molecular formula is C18H22N2O5S. The van der Waals surface area contributed by atoms with E-state index >= 15 is 0 Å². The number of rotatable bonds is 9. The van der Waals surface area contributed by atoms with E-state index in [1.54, 1.807) is 18.2 Å². The van der Waals surface area contributed by atoms with Crippen LogP contribution < -0.4 is 10.1 Å². The maximum atomic E-state index is 12.0. The van der Waals surface area contributed by atoms with Crippen LogP contribution in [0.1, 0.15) is 23.9 Å². The number of hydrogen-bond acceptors (Lipinski definition) is 7. The molecular weight excluding hydrogens is 356 g/mol. The Hall–Kier alpha value is -2.48. The van der Waals surface area contributed by atoms with Gasteiger partial charge in [-0.05, 0) is 32.9 Å². The summed E-state index contributed by atoms with van der Waals surface area (Å²) >= 11 is 1.39. The molecule has 0 atom stereocenters. The Labute approximate surface area is 156 Å². The van der Waals surface area contributed by atoms with E-state index in [4.69, 9.17) is 14.0 Å². The number of amides is 1. The van der Waals surface area contributed by atoms with E-state index in [1.165, 1.54) is 11.8 Å². The van der Waals surface area contributed by atoms with Crippen LogP contribution in [0, 0.1) is 13.8 Å². The van der Waals surface area contributed by atoms with E-state index in [-0.39, 0.29) is 12.4 Å². The highest BCUT2D eigenvalue weighted by Crippen LogP contribution is 2.23. The van der Waals surface area contributed by atoms with Crippen molar-refractivity contribution in [2.75, 3.05) is 24.3 Å². The molecule has 0 aliphatic rings. The highest BCUT2D eigenvalue weighted by molar-refractivity contribution is 7.99. The number of para-hydroxylation sites is 2. The Bertz CT molecular complexity index is 740.